The van der Waals surface area contributed by atoms with Crippen LogP contribution in [0.25, 0.3) is 5.69 Å². The Morgan fingerprint density at radius 1 is 1.25 bits per heavy atom. The maximum Gasteiger partial charge on any atom is 0.297 e. The first-order chi connectivity index (χ1) is 11.8. The van der Waals surface area contributed by atoms with Crippen molar-refractivity contribution in [1.82, 2.24) is 9.55 Å². The third-order valence-corrected chi connectivity index (χ3v) is 4.31. The van der Waals surface area contributed by atoms with Crippen molar-refractivity contribution in [3.63, 3.8) is 0 Å². The lowest BCUT2D eigenvalue weighted by Crippen LogP contribution is -2.23. The molecule has 5 heteroatoms. The van der Waals surface area contributed by atoms with Crippen LogP contribution in [0.3, 0.4) is 0 Å². The van der Waals surface area contributed by atoms with Crippen molar-refractivity contribution in [3.05, 3.63) is 58.7 Å². The molecule has 1 N–H and O–H groups in total. The molecule has 2 aromatic rings. The Kier molecular flexibility index (Phi) is 5.31. The number of rotatable bonds is 6. The quantitative estimate of drug-likeness (QED) is 0.825. The minimum atomic E-state index is -0.139. The number of anilines is 1. The molecule has 1 aliphatic carbocycles. The summed E-state index contributed by atoms with van der Waals surface area (Å²) in [7, 11) is 1.62. The average Bonchev–Trinajstić information content (AvgIpc) is 2.64. The van der Waals surface area contributed by atoms with Gasteiger partial charge >= 0.3 is 0 Å². The van der Waals surface area contributed by atoms with Crippen molar-refractivity contribution < 1.29 is 4.74 Å². The van der Waals surface area contributed by atoms with Gasteiger partial charge in [-0.05, 0) is 56.4 Å². The van der Waals surface area contributed by atoms with Crippen LogP contribution in [0, 0.1) is 0 Å². The van der Waals surface area contributed by atoms with Crippen LogP contribution in [0.5, 0.6) is 5.75 Å². The highest BCUT2D eigenvalue weighted by atomic mass is 16.5. The van der Waals surface area contributed by atoms with Gasteiger partial charge < -0.3 is 10.1 Å². The summed E-state index contributed by atoms with van der Waals surface area (Å²) in [6.45, 7) is 0.737. The highest BCUT2D eigenvalue weighted by Gasteiger charge is 2.08. The lowest BCUT2D eigenvalue weighted by Gasteiger charge is -2.13. The second-order valence-electron chi connectivity index (χ2n) is 5.93. The van der Waals surface area contributed by atoms with Crippen LogP contribution in [-0.4, -0.2) is 23.2 Å². The molecular formula is C19H23N3O2. The van der Waals surface area contributed by atoms with Crippen molar-refractivity contribution in [2.24, 2.45) is 0 Å². The predicted octanol–water partition coefficient (Wildman–Crippen LogP) is 3.54. The molecule has 0 saturated heterocycles. The van der Waals surface area contributed by atoms with E-state index >= 15 is 0 Å². The van der Waals surface area contributed by atoms with Crippen LogP contribution in [0.15, 0.2) is 53.1 Å². The van der Waals surface area contributed by atoms with Crippen molar-refractivity contribution in [2.45, 2.75) is 32.1 Å². The Morgan fingerprint density at radius 2 is 2.08 bits per heavy atom. The van der Waals surface area contributed by atoms with Gasteiger partial charge in [0.2, 0.25) is 0 Å². The second kappa shape index (κ2) is 7.81. The summed E-state index contributed by atoms with van der Waals surface area (Å²) in [5.41, 5.74) is 2.14. The van der Waals surface area contributed by atoms with E-state index in [4.69, 9.17) is 4.74 Å². The maximum atomic E-state index is 12.6. The van der Waals surface area contributed by atoms with E-state index in [1.807, 2.05) is 24.3 Å². The Morgan fingerprint density at radius 3 is 2.79 bits per heavy atom. The highest BCUT2D eigenvalue weighted by molar-refractivity contribution is 5.41. The Balaban J connectivity index is 1.70. The van der Waals surface area contributed by atoms with Crippen LogP contribution in [0.1, 0.15) is 32.1 Å². The van der Waals surface area contributed by atoms with E-state index in [9.17, 15) is 4.79 Å². The van der Waals surface area contributed by atoms with Gasteiger partial charge in [0, 0.05) is 24.6 Å². The fourth-order valence-corrected chi connectivity index (χ4v) is 2.95. The number of hydrogen-bond donors (Lipinski definition) is 1. The monoisotopic (exact) mass is 325 g/mol. The summed E-state index contributed by atoms with van der Waals surface area (Å²) in [5.74, 6) is 1.16. The fourth-order valence-electron chi connectivity index (χ4n) is 2.95. The molecule has 24 heavy (non-hydrogen) atoms. The largest absolute Gasteiger partial charge is 0.497 e. The third-order valence-electron chi connectivity index (χ3n) is 4.31. The molecule has 1 aliphatic rings. The topological polar surface area (TPSA) is 56.1 Å². The number of nitrogens with one attached hydrogen (secondary N) is 1. The zero-order valence-corrected chi connectivity index (χ0v) is 14.0. The van der Waals surface area contributed by atoms with Crippen molar-refractivity contribution >= 4 is 5.82 Å². The molecule has 0 saturated carbocycles. The van der Waals surface area contributed by atoms with Gasteiger partial charge in [-0.25, -0.2) is 4.98 Å². The molecule has 1 aromatic carbocycles. The number of nitrogens with zero attached hydrogens (tertiary/aromatic N) is 2. The van der Waals surface area contributed by atoms with E-state index in [1.165, 1.54) is 31.3 Å². The lowest BCUT2D eigenvalue weighted by atomic mass is 9.97. The number of ether oxygens (including phenoxy) is 1. The molecule has 0 radical (unpaired) electrons. The summed E-state index contributed by atoms with van der Waals surface area (Å²) in [6, 6.07) is 7.39. The first-order valence-electron chi connectivity index (χ1n) is 8.42. The van der Waals surface area contributed by atoms with E-state index in [1.54, 1.807) is 24.1 Å². The molecule has 1 heterocycles. The average molecular weight is 325 g/mol. The van der Waals surface area contributed by atoms with Gasteiger partial charge in [0.1, 0.15) is 5.75 Å². The smallest absolute Gasteiger partial charge is 0.297 e. The van der Waals surface area contributed by atoms with E-state index in [0.29, 0.717) is 5.82 Å². The van der Waals surface area contributed by atoms with Gasteiger partial charge in [0.25, 0.3) is 5.56 Å². The molecule has 5 nitrogen and oxygen atoms in total. The van der Waals surface area contributed by atoms with E-state index in [2.05, 4.69) is 16.4 Å². The lowest BCUT2D eigenvalue weighted by molar-refractivity contribution is 0.414. The zero-order valence-electron chi connectivity index (χ0n) is 14.0. The molecule has 0 aliphatic heterocycles. The van der Waals surface area contributed by atoms with Gasteiger partial charge in [-0.15, -0.1) is 0 Å². The number of allylic oxidation sites excluding steroid dienone is 1. The Labute approximate surface area is 142 Å². The number of methoxy groups -OCH3 is 1. The van der Waals surface area contributed by atoms with Gasteiger partial charge in [0.05, 0.1) is 7.11 Å². The van der Waals surface area contributed by atoms with Crippen LogP contribution < -0.4 is 15.6 Å². The SMILES string of the molecule is COc1ccc(-n2ccnc(NCCC3=CCCCC3)c2=O)cc1. The van der Waals surface area contributed by atoms with E-state index in [0.717, 1.165) is 24.4 Å². The van der Waals surface area contributed by atoms with E-state index < -0.39 is 0 Å². The van der Waals surface area contributed by atoms with Crippen LogP contribution in [0.4, 0.5) is 5.82 Å². The molecule has 0 amide bonds. The number of hydrogen-bond acceptors (Lipinski definition) is 4. The third kappa shape index (κ3) is 3.85. The van der Waals surface area contributed by atoms with Crippen molar-refractivity contribution in [3.8, 4) is 11.4 Å². The fraction of sp³-hybridized carbons (Fsp3) is 0.368. The van der Waals surface area contributed by atoms with Gasteiger partial charge in [-0.1, -0.05) is 11.6 Å². The molecule has 0 atom stereocenters. The first-order valence-corrected chi connectivity index (χ1v) is 8.42. The summed E-state index contributed by atoms with van der Waals surface area (Å²) in [6.07, 6.45) is 11.6. The second-order valence-corrected chi connectivity index (χ2v) is 5.93. The van der Waals surface area contributed by atoms with Gasteiger partial charge in [-0.3, -0.25) is 9.36 Å². The van der Waals surface area contributed by atoms with Crippen LogP contribution >= 0.6 is 0 Å². The normalized spacial score (nSPS) is 14.1. The first kappa shape index (κ1) is 16.3. The molecule has 0 bridgehead atoms. The molecule has 1 aromatic heterocycles. The van der Waals surface area contributed by atoms with Gasteiger partial charge in [-0.2, -0.15) is 0 Å². The van der Waals surface area contributed by atoms with Crippen molar-refractivity contribution in [2.75, 3.05) is 19.0 Å². The molecular weight excluding hydrogens is 302 g/mol. The molecule has 3 rings (SSSR count). The minimum Gasteiger partial charge on any atom is -0.497 e. The van der Waals surface area contributed by atoms with Crippen LogP contribution in [0.2, 0.25) is 0 Å². The Hall–Kier alpha value is -2.56. The van der Waals surface area contributed by atoms with Gasteiger partial charge in [0.15, 0.2) is 5.82 Å². The molecule has 126 valence electrons. The standard InChI is InChI=1S/C19H23N3O2/c1-24-17-9-7-16(8-10-17)22-14-13-21-18(19(22)23)20-12-11-15-5-3-2-4-6-15/h5,7-10,13-14H,2-4,6,11-12H2,1H3,(H,20,21). The highest BCUT2D eigenvalue weighted by Crippen LogP contribution is 2.19. The van der Waals surface area contributed by atoms with E-state index in [-0.39, 0.29) is 5.56 Å². The van der Waals surface area contributed by atoms with Crippen molar-refractivity contribution in [1.29, 1.82) is 0 Å². The molecule has 0 spiro atoms. The summed E-state index contributed by atoms with van der Waals surface area (Å²) in [4.78, 5) is 16.8. The number of benzene rings is 1. The Bertz CT molecular complexity index is 763. The minimum absolute atomic E-state index is 0.139. The molecule has 0 unspecified atom stereocenters. The molecule has 0 fully saturated rings. The maximum absolute atomic E-state index is 12.6. The predicted molar refractivity (Wildman–Crippen MR) is 96.0 cm³/mol. The zero-order chi connectivity index (χ0) is 16.8. The number of aromatic nitrogens is 2. The summed E-state index contributed by atoms with van der Waals surface area (Å²) >= 11 is 0. The van der Waals surface area contributed by atoms with Crippen LogP contribution in [-0.2, 0) is 0 Å². The summed E-state index contributed by atoms with van der Waals surface area (Å²) in [5, 5.41) is 3.18. The summed E-state index contributed by atoms with van der Waals surface area (Å²) < 4.78 is 6.74.